The number of carbonyl (C=O) groups is 1. The molecule has 0 spiro atoms. The van der Waals surface area contributed by atoms with E-state index in [-0.39, 0.29) is 16.7 Å². The quantitative estimate of drug-likeness (QED) is 0.869. The zero-order valence-corrected chi connectivity index (χ0v) is 12.9. The predicted molar refractivity (Wildman–Crippen MR) is 81.0 cm³/mol. The number of hydrogen-bond donors (Lipinski definition) is 2. The Morgan fingerprint density at radius 2 is 1.90 bits per heavy atom. The van der Waals surface area contributed by atoms with E-state index in [1.165, 1.54) is 0 Å². The molecule has 1 aliphatic carbocycles. The van der Waals surface area contributed by atoms with Crippen LogP contribution in [0.5, 0.6) is 5.75 Å². The van der Waals surface area contributed by atoms with E-state index >= 15 is 0 Å². The zero-order chi connectivity index (χ0) is 15.0. The summed E-state index contributed by atoms with van der Waals surface area (Å²) in [5.41, 5.74) is 1.23. The Balaban J connectivity index is 1.85. The number of amides is 1. The maximum Gasteiger partial charge on any atom is 0.238 e. The first kappa shape index (κ1) is 14.9. The lowest BCUT2D eigenvalue weighted by Gasteiger charge is -2.09. The molecule has 0 heterocycles. The van der Waals surface area contributed by atoms with E-state index in [0.717, 1.165) is 11.4 Å². The minimum atomic E-state index is -0.0308. The molecule has 0 unspecified atom stereocenters. The molecule has 2 N–H and O–H groups in total. The van der Waals surface area contributed by atoms with Crippen LogP contribution >= 0.6 is 0 Å². The Kier molecular flexibility index (Phi) is 3.78. The van der Waals surface area contributed by atoms with Gasteiger partial charge < -0.3 is 15.4 Å². The third-order valence-corrected chi connectivity index (χ3v) is 4.84. The Labute approximate surface area is 120 Å². The van der Waals surface area contributed by atoms with Gasteiger partial charge in [-0.25, -0.2) is 0 Å². The maximum absolute atomic E-state index is 12.0. The van der Waals surface area contributed by atoms with Crippen molar-refractivity contribution < 1.29 is 9.53 Å². The van der Waals surface area contributed by atoms with Crippen molar-refractivity contribution in [1.82, 2.24) is 5.32 Å². The van der Waals surface area contributed by atoms with E-state index in [1.807, 2.05) is 24.3 Å². The van der Waals surface area contributed by atoms with Gasteiger partial charge in [-0.15, -0.1) is 0 Å². The summed E-state index contributed by atoms with van der Waals surface area (Å²) in [5.74, 6) is 0.706. The van der Waals surface area contributed by atoms with Crippen LogP contribution < -0.4 is 15.4 Å². The Morgan fingerprint density at radius 1 is 1.25 bits per heavy atom. The van der Waals surface area contributed by atoms with Crippen LogP contribution in [0.2, 0.25) is 0 Å². The molecule has 0 atom stereocenters. The molecule has 2 rings (SSSR count). The van der Waals surface area contributed by atoms with E-state index in [1.54, 1.807) is 7.11 Å². The van der Waals surface area contributed by atoms with E-state index in [4.69, 9.17) is 4.74 Å². The molecule has 1 amide bonds. The molecule has 0 aromatic heterocycles. The van der Waals surface area contributed by atoms with Crippen molar-refractivity contribution in [2.75, 3.05) is 19.0 Å². The Bertz CT molecular complexity index is 495. The van der Waals surface area contributed by atoms with Gasteiger partial charge in [-0.3, -0.25) is 4.79 Å². The van der Waals surface area contributed by atoms with E-state index in [0.29, 0.717) is 12.6 Å². The second-order valence-corrected chi connectivity index (χ2v) is 6.54. The maximum atomic E-state index is 12.0. The number of ether oxygens (including phenoxy) is 1. The van der Waals surface area contributed by atoms with Crippen molar-refractivity contribution >= 4 is 11.6 Å². The number of anilines is 1. The first-order valence-corrected chi connectivity index (χ1v) is 6.96. The lowest BCUT2D eigenvalue weighted by molar-refractivity contribution is -0.115. The zero-order valence-electron chi connectivity index (χ0n) is 12.9. The molecule has 4 nitrogen and oxygen atoms in total. The SMILES string of the molecule is COc1cccc(NC(=O)CNC2C(C)(C)C2(C)C)c1. The van der Waals surface area contributed by atoms with Crippen LogP contribution in [-0.4, -0.2) is 25.6 Å². The Morgan fingerprint density at radius 3 is 2.45 bits per heavy atom. The number of carbonyl (C=O) groups excluding carboxylic acids is 1. The Hall–Kier alpha value is -1.55. The van der Waals surface area contributed by atoms with Gasteiger partial charge in [0.1, 0.15) is 5.75 Å². The standard InChI is InChI=1S/C16H24N2O2/c1-15(2)14(16(15,3)4)17-10-13(19)18-11-7-6-8-12(9-11)20-5/h6-9,14,17H,10H2,1-5H3,(H,18,19). The second kappa shape index (κ2) is 5.09. The fraction of sp³-hybridized carbons (Fsp3) is 0.562. The molecule has 1 fully saturated rings. The summed E-state index contributed by atoms with van der Waals surface area (Å²) >= 11 is 0. The van der Waals surface area contributed by atoms with Gasteiger partial charge in [-0.05, 0) is 23.0 Å². The van der Waals surface area contributed by atoms with Crippen LogP contribution in [0, 0.1) is 10.8 Å². The molecule has 4 heteroatoms. The average Bonchev–Trinajstić information content (AvgIpc) is 2.77. The molecule has 0 aliphatic heterocycles. The average molecular weight is 276 g/mol. The third-order valence-electron chi connectivity index (χ3n) is 4.84. The molecule has 0 radical (unpaired) electrons. The topological polar surface area (TPSA) is 50.4 Å². The van der Waals surface area contributed by atoms with Crippen molar-refractivity contribution in [3.63, 3.8) is 0 Å². The van der Waals surface area contributed by atoms with Gasteiger partial charge in [0.05, 0.1) is 13.7 Å². The molecule has 0 saturated heterocycles. The minimum Gasteiger partial charge on any atom is -0.497 e. The fourth-order valence-electron chi connectivity index (χ4n) is 2.81. The van der Waals surface area contributed by atoms with Gasteiger partial charge in [0.2, 0.25) is 5.91 Å². The summed E-state index contributed by atoms with van der Waals surface area (Å²) in [6.45, 7) is 9.24. The number of rotatable bonds is 5. The van der Waals surface area contributed by atoms with Crippen LogP contribution in [0.4, 0.5) is 5.69 Å². The van der Waals surface area contributed by atoms with Crippen LogP contribution in [0.25, 0.3) is 0 Å². The second-order valence-electron chi connectivity index (χ2n) is 6.54. The smallest absolute Gasteiger partial charge is 0.238 e. The van der Waals surface area contributed by atoms with Crippen LogP contribution in [0.3, 0.4) is 0 Å². The molecule has 110 valence electrons. The van der Waals surface area contributed by atoms with Gasteiger partial charge in [-0.1, -0.05) is 33.8 Å². The minimum absolute atomic E-state index is 0.0308. The summed E-state index contributed by atoms with van der Waals surface area (Å²) in [6, 6.07) is 7.75. The number of nitrogens with one attached hydrogen (secondary N) is 2. The molecule has 20 heavy (non-hydrogen) atoms. The van der Waals surface area contributed by atoms with Crippen LogP contribution in [0.1, 0.15) is 27.7 Å². The lowest BCUT2D eigenvalue weighted by Crippen LogP contribution is -2.32. The highest BCUT2D eigenvalue weighted by Gasteiger charge is 2.64. The molecule has 1 aromatic carbocycles. The summed E-state index contributed by atoms with van der Waals surface area (Å²) in [4.78, 5) is 12.0. The molecule has 1 saturated carbocycles. The largest absolute Gasteiger partial charge is 0.497 e. The highest BCUT2D eigenvalue weighted by molar-refractivity contribution is 5.92. The predicted octanol–water partition coefficient (Wildman–Crippen LogP) is 2.66. The number of hydrogen-bond acceptors (Lipinski definition) is 3. The molecule has 1 aliphatic rings. The van der Waals surface area contributed by atoms with Crippen molar-refractivity contribution in [1.29, 1.82) is 0 Å². The van der Waals surface area contributed by atoms with Gasteiger partial charge in [0, 0.05) is 17.8 Å². The van der Waals surface area contributed by atoms with Crippen molar-refractivity contribution in [3.05, 3.63) is 24.3 Å². The summed E-state index contributed by atoms with van der Waals surface area (Å²) < 4.78 is 5.13. The molecule has 1 aromatic rings. The normalized spacial score (nSPS) is 19.4. The van der Waals surface area contributed by atoms with Gasteiger partial charge in [0.25, 0.3) is 0 Å². The van der Waals surface area contributed by atoms with Crippen molar-refractivity contribution in [3.8, 4) is 5.75 Å². The summed E-state index contributed by atoms with van der Waals surface area (Å²) in [6.07, 6.45) is 0. The molecule has 0 bridgehead atoms. The van der Waals surface area contributed by atoms with Gasteiger partial charge >= 0.3 is 0 Å². The van der Waals surface area contributed by atoms with Gasteiger partial charge in [0.15, 0.2) is 0 Å². The van der Waals surface area contributed by atoms with E-state index in [2.05, 4.69) is 38.3 Å². The van der Waals surface area contributed by atoms with E-state index < -0.39 is 0 Å². The number of benzene rings is 1. The lowest BCUT2D eigenvalue weighted by atomic mass is 10.0. The van der Waals surface area contributed by atoms with Crippen molar-refractivity contribution in [2.45, 2.75) is 33.7 Å². The first-order chi connectivity index (χ1) is 9.29. The summed E-state index contributed by atoms with van der Waals surface area (Å²) in [5, 5.41) is 6.22. The third kappa shape index (κ3) is 2.66. The fourth-order valence-corrected chi connectivity index (χ4v) is 2.81. The molecular weight excluding hydrogens is 252 g/mol. The van der Waals surface area contributed by atoms with Crippen LogP contribution in [0.15, 0.2) is 24.3 Å². The van der Waals surface area contributed by atoms with Crippen molar-refractivity contribution in [2.24, 2.45) is 10.8 Å². The first-order valence-electron chi connectivity index (χ1n) is 6.96. The molecular formula is C16H24N2O2. The van der Waals surface area contributed by atoms with Gasteiger partial charge in [-0.2, -0.15) is 0 Å². The number of methoxy groups -OCH3 is 1. The highest BCUT2D eigenvalue weighted by atomic mass is 16.5. The van der Waals surface area contributed by atoms with Crippen LogP contribution in [-0.2, 0) is 4.79 Å². The van der Waals surface area contributed by atoms with E-state index in [9.17, 15) is 4.79 Å². The monoisotopic (exact) mass is 276 g/mol. The highest BCUT2D eigenvalue weighted by Crippen LogP contribution is 2.62. The summed E-state index contributed by atoms with van der Waals surface area (Å²) in [7, 11) is 1.61.